The van der Waals surface area contributed by atoms with Gasteiger partial charge in [0.15, 0.2) is 0 Å². The molecule has 1 aliphatic rings. The molecular formula is C22H23N5O2S. The van der Waals surface area contributed by atoms with E-state index in [1.54, 1.807) is 6.20 Å². The van der Waals surface area contributed by atoms with Crippen molar-refractivity contribution in [1.29, 1.82) is 0 Å². The van der Waals surface area contributed by atoms with Gasteiger partial charge in [0.1, 0.15) is 5.65 Å². The van der Waals surface area contributed by atoms with E-state index in [0.717, 1.165) is 54.3 Å². The van der Waals surface area contributed by atoms with Crippen LogP contribution in [0.2, 0.25) is 0 Å². The summed E-state index contributed by atoms with van der Waals surface area (Å²) in [6.07, 6.45) is 11.7. The fourth-order valence-corrected chi connectivity index (χ4v) is 4.63. The van der Waals surface area contributed by atoms with Crippen molar-refractivity contribution in [2.24, 2.45) is 5.92 Å². The van der Waals surface area contributed by atoms with E-state index in [4.69, 9.17) is 4.74 Å². The first-order valence-electron chi connectivity index (χ1n) is 10.1. The maximum absolute atomic E-state index is 12.6. The van der Waals surface area contributed by atoms with E-state index >= 15 is 0 Å². The zero-order chi connectivity index (χ0) is 20.3. The first-order valence-corrected chi connectivity index (χ1v) is 11.0. The second-order valence-electron chi connectivity index (χ2n) is 7.58. The van der Waals surface area contributed by atoms with E-state index in [-0.39, 0.29) is 5.91 Å². The number of aromatic nitrogens is 4. The molecule has 5 heterocycles. The molecule has 0 spiro atoms. The van der Waals surface area contributed by atoms with Crippen LogP contribution in [0, 0.1) is 5.92 Å². The predicted octanol–water partition coefficient (Wildman–Crippen LogP) is 3.62. The zero-order valence-electron chi connectivity index (χ0n) is 16.5. The van der Waals surface area contributed by atoms with Crippen molar-refractivity contribution < 1.29 is 9.53 Å². The number of nitrogens with one attached hydrogen (secondary N) is 1. The lowest BCUT2D eigenvalue weighted by Crippen LogP contribution is -2.21. The lowest BCUT2D eigenvalue weighted by Gasteiger charge is -2.21. The van der Waals surface area contributed by atoms with Crippen LogP contribution in [0.5, 0.6) is 0 Å². The van der Waals surface area contributed by atoms with Gasteiger partial charge < -0.3 is 14.5 Å². The van der Waals surface area contributed by atoms with Gasteiger partial charge in [0.2, 0.25) is 0 Å². The molecule has 154 valence electrons. The standard InChI is InChI=1S/C22H23N5O2S/c28-22(24-12-17-3-7-26-8-6-23-21(26)11-17)20-2-1-19(30-20)18-13-25-27(15-18)14-16-4-9-29-10-5-16/h1-3,6-8,11,13,15-16H,4-5,9-10,12,14H2,(H,24,28). The number of carbonyl (C=O) groups is 1. The molecule has 0 atom stereocenters. The highest BCUT2D eigenvalue weighted by Crippen LogP contribution is 2.28. The Bertz CT molecular complexity index is 1160. The highest BCUT2D eigenvalue weighted by Gasteiger charge is 2.16. The number of ether oxygens (including phenoxy) is 1. The van der Waals surface area contributed by atoms with Gasteiger partial charge in [-0.15, -0.1) is 11.3 Å². The van der Waals surface area contributed by atoms with Crippen LogP contribution in [0.1, 0.15) is 28.1 Å². The Morgan fingerprint density at radius 2 is 2.13 bits per heavy atom. The lowest BCUT2D eigenvalue weighted by atomic mass is 10.0. The van der Waals surface area contributed by atoms with Crippen LogP contribution in [-0.4, -0.2) is 38.3 Å². The summed E-state index contributed by atoms with van der Waals surface area (Å²) >= 11 is 1.49. The molecule has 1 fully saturated rings. The van der Waals surface area contributed by atoms with Crippen LogP contribution in [0.4, 0.5) is 0 Å². The van der Waals surface area contributed by atoms with E-state index in [1.165, 1.54) is 11.3 Å². The van der Waals surface area contributed by atoms with Crippen LogP contribution in [0.15, 0.2) is 55.2 Å². The molecule has 7 nitrogen and oxygen atoms in total. The van der Waals surface area contributed by atoms with E-state index in [0.29, 0.717) is 17.3 Å². The minimum Gasteiger partial charge on any atom is -0.381 e. The number of imidazole rings is 1. The molecule has 4 aromatic rings. The predicted molar refractivity (Wildman–Crippen MR) is 115 cm³/mol. The van der Waals surface area contributed by atoms with Crippen molar-refractivity contribution in [3.63, 3.8) is 0 Å². The van der Waals surface area contributed by atoms with Crippen LogP contribution >= 0.6 is 11.3 Å². The molecule has 0 saturated carbocycles. The number of hydrogen-bond acceptors (Lipinski definition) is 5. The number of nitrogens with zero attached hydrogens (tertiary/aromatic N) is 4. The van der Waals surface area contributed by atoms with Crippen LogP contribution in [0.3, 0.4) is 0 Å². The SMILES string of the molecule is O=C(NCc1ccn2ccnc2c1)c1ccc(-c2cnn(CC3CCOCC3)c2)s1. The quantitative estimate of drug-likeness (QED) is 0.516. The van der Waals surface area contributed by atoms with Gasteiger partial charge >= 0.3 is 0 Å². The summed E-state index contributed by atoms with van der Waals surface area (Å²) in [6, 6.07) is 7.84. The van der Waals surface area contributed by atoms with Gasteiger partial charge in [0.25, 0.3) is 5.91 Å². The molecule has 8 heteroatoms. The summed E-state index contributed by atoms with van der Waals surface area (Å²) in [5.74, 6) is 0.557. The summed E-state index contributed by atoms with van der Waals surface area (Å²) in [4.78, 5) is 18.6. The Morgan fingerprint density at radius 1 is 1.23 bits per heavy atom. The van der Waals surface area contributed by atoms with Gasteiger partial charge in [-0.25, -0.2) is 4.98 Å². The van der Waals surface area contributed by atoms with Crippen LogP contribution < -0.4 is 5.32 Å². The fraction of sp³-hybridized carbons (Fsp3) is 0.318. The monoisotopic (exact) mass is 421 g/mol. The van der Waals surface area contributed by atoms with Gasteiger partial charge in [-0.05, 0) is 48.6 Å². The van der Waals surface area contributed by atoms with E-state index in [2.05, 4.69) is 21.6 Å². The number of carbonyl (C=O) groups excluding carboxylic acids is 1. The minimum atomic E-state index is -0.0657. The molecule has 0 aromatic carbocycles. The average molecular weight is 422 g/mol. The third-order valence-corrected chi connectivity index (χ3v) is 6.58. The highest BCUT2D eigenvalue weighted by atomic mass is 32.1. The molecule has 4 aromatic heterocycles. The van der Waals surface area contributed by atoms with Crippen molar-refractivity contribution in [2.75, 3.05) is 13.2 Å². The molecule has 0 unspecified atom stereocenters. The summed E-state index contributed by atoms with van der Waals surface area (Å²) in [7, 11) is 0. The molecule has 5 rings (SSSR count). The number of thiophene rings is 1. The van der Waals surface area contributed by atoms with Crippen molar-refractivity contribution >= 4 is 22.9 Å². The molecule has 30 heavy (non-hydrogen) atoms. The first-order chi connectivity index (χ1) is 14.7. The molecule has 1 amide bonds. The van der Waals surface area contributed by atoms with Gasteiger partial charge in [-0.2, -0.15) is 5.10 Å². The Labute approximate surface area is 178 Å². The van der Waals surface area contributed by atoms with Gasteiger partial charge in [0.05, 0.1) is 11.1 Å². The van der Waals surface area contributed by atoms with Crippen molar-refractivity contribution in [3.05, 3.63) is 65.7 Å². The number of amides is 1. The number of fused-ring (bicyclic) bond motifs is 1. The number of hydrogen-bond donors (Lipinski definition) is 1. The summed E-state index contributed by atoms with van der Waals surface area (Å²) in [5.41, 5.74) is 2.95. The number of pyridine rings is 1. The third kappa shape index (κ3) is 4.15. The molecule has 1 N–H and O–H groups in total. The van der Waals surface area contributed by atoms with Crippen LogP contribution in [0.25, 0.3) is 16.1 Å². The average Bonchev–Trinajstić information content (AvgIpc) is 3.52. The zero-order valence-corrected chi connectivity index (χ0v) is 17.3. The molecule has 0 radical (unpaired) electrons. The van der Waals surface area contributed by atoms with Gasteiger partial charge in [-0.3, -0.25) is 9.48 Å². The largest absolute Gasteiger partial charge is 0.381 e. The second-order valence-corrected chi connectivity index (χ2v) is 8.66. The van der Waals surface area contributed by atoms with E-state index < -0.39 is 0 Å². The second kappa shape index (κ2) is 8.41. The maximum Gasteiger partial charge on any atom is 0.261 e. The Hall–Kier alpha value is -2.97. The summed E-state index contributed by atoms with van der Waals surface area (Å²) < 4.78 is 9.38. The molecule has 0 aliphatic carbocycles. The molecule has 0 bridgehead atoms. The Morgan fingerprint density at radius 3 is 3.03 bits per heavy atom. The first kappa shape index (κ1) is 19.0. The third-order valence-electron chi connectivity index (χ3n) is 5.45. The smallest absolute Gasteiger partial charge is 0.261 e. The fourth-order valence-electron chi connectivity index (χ4n) is 3.73. The van der Waals surface area contributed by atoms with E-state index in [1.807, 2.05) is 51.9 Å². The summed E-state index contributed by atoms with van der Waals surface area (Å²) in [5, 5.41) is 7.51. The Balaban J connectivity index is 1.21. The highest BCUT2D eigenvalue weighted by molar-refractivity contribution is 7.17. The molecular weight excluding hydrogens is 398 g/mol. The van der Waals surface area contributed by atoms with Gasteiger partial charge in [-0.1, -0.05) is 0 Å². The van der Waals surface area contributed by atoms with Gasteiger partial charge in [0, 0.05) is 61.5 Å². The van der Waals surface area contributed by atoms with Crippen molar-refractivity contribution in [3.8, 4) is 10.4 Å². The van der Waals surface area contributed by atoms with Crippen molar-refractivity contribution in [2.45, 2.75) is 25.9 Å². The minimum absolute atomic E-state index is 0.0657. The van der Waals surface area contributed by atoms with E-state index in [9.17, 15) is 4.79 Å². The normalized spacial score (nSPS) is 14.9. The lowest BCUT2D eigenvalue weighted by molar-refractivity contribution is 0.0601. The molecule has 1 saturated heterocycles. The molecule has 1 aliphatic heterocycles. The maximum atomic E-state index is 12.6. The topological polar surface area (TPSA) is 73.5 Å². The van der Waals surface area contributed by atoms with Crippen molar-refractivity contribution in [1.82, 2.24) is 24.5 Å². The summed E-state index contributed by atoms with van der Waals surface area (Å²) in [6.45, 7) is 3.08. The Kier molecular flexibility index (Phi) is 5.33. The van der Waals surface area contributed by atoms with Crippen LogP contribution in [-0.2, 0) is 17.8 Å². The number of rotatable bonds is 6.